The number of pyridine rings is 1. The van der Waals surface area contributed by atoms with Crippen molar-refractivity contribution >= 4 is 5.95 Å². The second-order valence-corrected chi connectivity index (χ2v) is 6.88. The van der Waals surface area contributed by atoms with Gasteiger partial charge in [-0.25, -0.2) is 9.97 Å². The van der Waals surface area contributed by atoms with Crippen LogP contribution in [0.15, 0.2) is 36.9 Å². The molecule has 0 bridgehead atoms. The minimum atomic E-state index is 0.348. The molecular weight excluding hydrogens is 288 g/mol. The van der Waals surface area contributed by atoms with Crippen molar-refractivity contribution in [2.24, 2.45) is 5.41 Å². The van der Waals surface area contributed by atoms with Gasteiger partial charge in [0, 0.05) is 31.7 Å². The van der Waals surface area contributed by atoms with Crippen molar-refractivity contribution in [3.63, 3.8) is 0 Å². The fourth-order valence-corrected chi connectivity index (χ4v) is 3.74. The smallest absolute Gasteiger partial charge is 0.225 e. The van der Waals surface area contributed by atoms with E-state index in [2.05, 4.69) is 19.9 Å². The molecule has 2 aliphatic rings. The monoisotopic (exact) mass is 310 g/mol. The number of rotatable bonds is 3. The summed E-state index contributed by atoms with van der Waals surface area (Å²) in [7, 11) is 0. The first-order chi connectivity index (χ1) is 11.2. The Morgan fingerprint density at radius 3 is 2.52 bits per heavy atom. The number of aromatic nitrogens is 3. The van der Waals surface area contributed by atoms with Crippen LogP contribution < -0.4 is 9.64 Å². The second-order valence-electron chi connectivity index (χ2n) is 6.88. The maximum atomic E-state index is 6.00. The molecule has 4 rings (SSSR count). The average Bonchev–Trinajstić information content (AvgIpc) is 2.56. The molecule has 1 saturated heterocycles. The van der Waals surface area contributed by atoms with Gasteiger partial charge in [0.1, 0.15) is 5.75 Å². The van der Waals surface area contributed by atoms with Gasteiger partial charge in [-0.05, 0) is 55.7 Å². The Hall–Kier alpha value is -2.17. The molecule has 120 valence electrons. The summed E-state index contributed by atoms with van der Waals surface area (Å²) in [6, 6.07) is 3.90. The zero-order chi connectivity index (χ0) is 15.7. The Morgan fingerprint density at radius 1 is 1.13 bits per heavy atom. The Balaban J connectivity index is 1.30. The molecule has 0 unspecified atom stereocenters. The molecule has 0 amide bonds. The number of ether oxygens (including phenoxy) is 1. The van der Waals surface area contributed by atoms with E-state index >= 15 is 0 Å². The summed E-state index contributed by atoms with van der Waals surface area (Å²) in [6.07, 6.45) is 12.4. The topological polar surface area (TPSA) is 51.1 Å². The third kappa shape index (κ3) is 3.00. The number of nitrogens with zero attached hydrogens (tertiary/aromatic N) is 4. The Labute approximate surface area is 136 Å². The van der Waals surface area contributed by atoms with Gasteiger partial charge in [-0.3, -0.25) is 4.98 Å². The maximum Gasteiger partial charge on any atom is 0.225 e. The van der Waals surface area contributed by atoms with Crippen LogP contribution >= 0.6 is 0 Å². The van der Waals surface area contributed by atoms with Crippen LogP contribution in [-0.2, 0) is 0 Å². The van der Waals surface area contributed by atoms with Crippen LogP contribution in [0.1, 0.15) is 31.2 Å². The van der Waals surface area contributed by atoms with Crippen LogP contribution in [-0.4, -0.2) is 34.1 Å². The Morgan fingerprint density at radius 2 is 1.87 bits per heavy atom. The van der Waals surface area contributed by atoms with Gasteiger partial charge in [-0.1, -0.05) is 0 Å². The van der Waals surface area contributed by atoms with Gasteiger partial charge >= 0.3 is 0 Å². The van der Waals surface area contributed by atoms with Gasteiger partial charge < -0.3 is 9.64 Å². The van der Waals surface area contributed by atoms with Crippen molar-refractivity contribution in [1.82, 2.24) is 15.0 Å². The highest BCUT2D eigenvalue weighted by molar-refractivity contribution is 5.31. The summed E-state index contributed by atoms with van der Waals surface area (Å²) in [5.41, 5.74) is 1.57. The lowest BCUT2D eigenvalue weighted by Gasteiger charge is -2.51. The Bertz CT molecular complexity index is 642. The fourth-order valence-electron chi connectivity index (χ4n) is 3.74. The molecule has 23 heavy (non-hydrogen) atoms. The van der Waals surface area contributed by atoms with Crippen molar-refractivity contribution in [3.05, 3.63) is 42.5 Å². The summed E-state index contributed by atoms with van der Waals surface area (Å²) in [4.78, 5) is 15.3. The van der Waals surface area contributed by atoms with E-state index in [1.54, 1.807) is 12.4 Å². The van der Waals surface area contributed by atoms with Gasteiger partial charge in [-0.15, -0.1) is 0 Å². The van der Waals surface area contributed by atoms with Crippen molar-refractivity contribution in [2.75, 3.05) is 18.0 Å². The molecule has 2 aromatic heterocycles. The van der Waals surface area contributed by atoms with Gasteiger partial charge in [0.15, 0.2) is 0 Å². The van der Waals surface area contributed by atoms with Crippen LogP contribution in [0.4, 0.5) is 5.95 Å². The number of hydrogen-bond acceptors (Lipinski definition) is 5. The van der Waals surface area contributed by atoms with Crippen LogP contribution in [0.5, 0.6) is 5.75 Å². The zero-order valence-electron chi connectivity index (χ0n) is 13.5. The van der Waals surface area contributed by atoms with Gasteiger partial charge in [0.2, 0.25) is 5.95 Å². The lowest BCUT2D eigenvalue weighted by atomic mass is 9.61. The molecule has 0 aromatic carbocycles. The Kier molecular flexibility index (Phi) is 3.63. The molecular formula is C18H22N4O. The lowest BCUT2D eigenvalue weighted by molar-refractivity contribution is -0.0313. The molecule has 0 atom stereocenters. The summed E-state index contributed by atoms with van der Waals surface area (Å²) < 4.78 is 6.00. The van der Waals surface area contributed by atoms with Crippen LogP contribution in [0.3, 0.4) is 0 Å². The molecule has 1 aliphatic carbocycles. The van der Waals surface area contributed by atoms with E-state index in [9.17, 15) is 0 Å². The van der Waals surface area contributed by atoms with E-state index in [1.165, 1.54) is 12.8 Å². The molecule has 3 heterocycles. The van der Waals surface area contributed by atoms with E-state index < -0.39 is 0 Å². The molecule has 2 aromatic rings. The van der Waals surface area contributed by atoms with E-state index in [0.29, 0.717) is 11.5 Å². The van der Waals surface area contributed by atoms with Gasteiger partial charge in [0.05, 0.1) is 12.3 Å². The van der Waals surface area contributed by atoms with Crippen molar-refractivity contribution < 1.29 is 4.74 Å². The van der Waals surface area contributed by atoms with Crippen LogP contribution in [0, 0.1) is 12.3 Å². The molecule has 0 radical (unpaired) electrons. The average molecular weight is 310 g/mol. The summed E-state index contributed by atoms with van der Waals surface area (Å²) >= 11 is 0. The predicted octanol–water partition coefficient (Wildman–Crippen LogP) is 3.01. The van der Waals surface area contributed by atoms with E-state index in [0.717, 1.165) is 43.2 Å². The van der Waals surface area contributed by atoms with Gasteiger partial charge in [0.25, 0.3) is 0 Å². The maximum absolute atomic E-state index is 6.00. The third-order valence-electron chi connectivity index (χ3n) is 5.13. The van der Waals surface area contributed by atoms with Crippen molar-refractivity contribution in [1.29, 1.82) is 0 Å². The molecule has 1 spiro atoms. The largest absolute Gasteiger partial charge is 0.489 e. The standard InChI is InChI=1S/C18H22N4O/c1-14-11-20-17(21-12-14)22-7-4-18(5-8-22)9-16(10-18)23-15-3-2-6-19-13-15/h2-3,6,11-13,16H,4-5,7-10H2,1H3. The number of aryl methyl sites for hydroxylation is 1. The predicted molar refractivity (Wildman–Crippen MR) is 88.5 cm³/mol. The van der Waals surface area contributed by atoms with E-state index in [1.807, 2.05) is 31.5 Å². The summed E-state index contributed by atoms with van der Waals surface area (Å²) in [5, 5.41) is 0. The molecule has 0 N–H and O–H groups in total. The SMILES string of the molecule is Cc1cnc(N2CCC3(CC2)CC(Oc2cccnc2)C3)nc1. The number of piperidine rings is 1. The summed E-state index contributed by atoms with van der Waals surface area (Å²) in [5.74, 6) is 1.76. The summed E-state index contributed by atoms with van der Waals surface area (Å²) in [6.45, 7) is 4.11. The van der Waals surface area contributed by atoms with Crippen LogP contribution in [0.25, 0.3) is 0 Å². The number of anilines is 1. The first-order valence-corrected chi connectivity index (χ1v) is 8.33. The third-order valence-corrected chi connectivity index (χ3v) is 5.13. The van der Waals surface area contributed by atoms with Gasteiger partial charge in [-0.2, -0.15) is 0 Å². The molecule has 5 nitrogen and oxygen atoms in total. The minimum absolute atomic E-state index is 0.348. The highest BCUT2D eigenvalue weighted by Crippen LogP contribution is 2.50. The zero-order valence-corrected chi connectivity index (χ0v) is 13.5. The highest BCUT2D eigenvalue weighted by Gasteiger charge is 2.47. The quantitative estimate of drug-likeness (QED) is 0.872. The molecule has 1 aliphatic heterocycles. The van der Waals surface area contributed by atoms with Crippen LogP contribution in [0.2, 0.25) is 0 Å². The number of hydrogen-bond donors (Lipinski definition) is 0. The second kappa shape index (κ2) is 5.80. The van der Waals surface area contributed by atoms with Crippen molar-refractivity contribution in [3.8, 4) is 5.75 Å². The fraction of sp³-hybridized carbons (Fsp3) is 0.500. The minimum Gasteiger partial charge on any atom is -0.489 e. The van der Waals surface area contributed by atoms with E-state index in [4.69, 9.17) is 4.74 Å². The van der Waals surface area contributed by atoms with Crippen molar-refractivity contribution in [2.45, 2.75) is 38.7 Å². The first-order valence-electron chi connectivity index (χ1n) is 8.33. The molecule has 2 fully saturated rings. The lowest BCUT2D eigenvalue weighted by Crippen LogP contribution is -2.51. The van der Waals surface area contributed by atoms with E-state index in [-0.39, 0.29) is 0 Å². The molecule has 5 heteroatoms. The highest BCUT2D eigenvalue weighted by atomic mass is 16.5. The first kappa shape index (κ1) is 14.4. The normalized spacial score (nSPS) is 20.3. The molecule has 1 saturated carbocycles.